The Morgan fingerprint density at radius 3 is 1.98 bits per heavy atom. The molecule has 0 atom stereocenters. The number of hydrogen-bond donors (Lipinski definition) is 2. The van der Waals surface area contributed by atoms with Gasteiger partial charge in [0.05, 0.1) is 17.7 Å². The van der Waals surface area contributed by atoms with E-state index in [1.807, 2.05) is 0 Å². The highest BCUT2D eigenvalue weighted by molar-refractivity contribution is 5.92. The summed E-state index contributed by atoms with van der Waals surface area (Å²) in [5, 5.41) is 0. The van der Waals surface area contributed by atoms with E-state index < -0.39 is 30.5 Å². The molecule has 0 unspecified atom stereocenters. The smallest absolute Gasteiger partial charge is 0.389 e. The van der Waals surface area contributed by atoms with Gasteiger partial charge in [-0.05, 0) is 85.5 Å². The molecule has 3 aromatic carbocycles. The van der Waals surface area contributed by atoms with E-state index in [0.717, 1.165) is 0 Å². The van der Waals surface area contributed by atoms with Crippen LogP contribution in [0.15, 0.2) is 72.8 Å². The number of esters is 3. The van der Waals surface area contributed by atoms with Gasteiger partial charge >= 0.3 is 24.1 Å². The van der Waals surface area contributed by atoms with Gasteiger partial charge in [0.2, 0.25) is 0 Å². The molecule has 0 fully saturated rings. The van der Waals surface area contributed by atoms with E-state index in [4.69, 9.17) is 30.4 Å². The Morgan fingerprint density at radius 2 is 1.33 bits per heavy atom. The molecular weight excluding hydrogens is 569 g/mol. The van der Waals surface area contributed by atoms with Crippen LogP contribution in [0, 0.1) is 0 Å². The quantitative estimate of drug-likeness (QED) is 0.0751. The summed E-state index contributed by atoms with van der Waals surface area (Å²) < 4.78 is 57.4. The van der Waals surface area contributed by atoms with Crippen LogP contribution in [0.3, 0.4) is 0 Å². The number of benzene rings is 3. The monoisotopic (exact) mass is 600 g/mol. The van der Waals surface area contributed by atoms with Crippen LogP contribution in [0.5, 0.6) is 11.5 Å². The fourth-order valence-electron chi connectivity index (χ4n) is 3.66. The highest BCUT2D eigenvalue weighted by Crippen LogP contribution is 2.23. The molecule has 0 saturated heterocycles. The van der Waals surface area contributed by atoms with Gasteiger partial charge in [0.1, 0.15) is 24.7 Å². The van der Waals surface area contributed by atoms with E-state index in [2.05, 4.69) is 0 Å². The maximum Gasteiger partial charge on any atom is 0.389 e. The molecule has 0 bridgehead atoms. The molecule has 0 saturated carbocycles. The molecule has 228 valence electrons. The van der Waals surface area contributed by atoms with Crippen molar-refractivity contribution in [2.45, 2.75) is 31.9 Å². The highest BCUT2D eigenvalue weighted by atomic mass is 19.4. The zero-order valence-corrected chi connectivity index (χ0v) is 23.1. The Hall–Kier alpha value is -5.00. The average Bonchev–Trinajstić information content (AvgIpc) is 2.96. The fourth-order valence-corrected chi connectivity index (χ4v) is 3.66. The molecular formula is C31H31F3N2O7. The van der Waals surface area contributed by atoms with Gasteiger partial charge in [-0.1, -0.05) is 12.1 Å². The maximum atomic E-state index is 12.4. The van der Waals surface area contributed by atoms with Gasteiger partial charge in [-0.25, -0.2) is 14.4 Å². The second-order valence-electron chi connectivity index (χ2n) is 9.28. The van der Waals surface area contributed by atoms with Crippen molar-refractivity contribution in [1.82, 2.24) is 0 Å². The summed E-state index contributed by atoms with van der Waals surface area (Å²) in [5.74, 6) is -1.11. The number of carbonyl (C=O) groups is 3. The molecule has 0 aliphatic heterocycles. The fraction of sp³-hybridized carbons (Fsp3) is 0.258. The van der Waals surface area contributed by atoms with Crippen LogP contribution in [-0.2, 0) is 14.3 Å². The number of nitrogen functional groups attached to an aromatic ring is 2. The van der Waals surface area contributed by atoms with Crippen LogP contribution in [0.25, 0.3) is 6.08 Å². The molecule has 0 aliphatic carbocycles. The molecule has 0 heterocycles. The van der Waals surface area contributed by atoms with Crippen molar-refractivity contribution in [1.29, 1.82) is 0 Å². The molecule has 0 radical (unpaired) electrons. The molecule has 0 amide bonds. The summed E-state index contributed by atoms with van der Waals surface area (Å²) in [7, 11) is 0. The van der Waals surface area contributed by atoms with Crippen molar-refractivity contribution in [3.05, 3.63) is 89.5 Å². The van der Waals surface area contributed by atoms with Gasteiger partial charge in [0, 0.05) is 23.9 Å². The lowest BCUT2D eigenvalue weighted by atomic mass is 10.2. The molecule has 12 heteroatoms. The normalized spacial score (nSPS) is 11.2. The van der Waals surface area contributed by atoms with Gasteiger partial charge in [-0.2, -0.15) is 13.2 Å². The number of anilines is 2. The second-order valence-corrected chi connectivity index (χ2v) is 9.28. The van der Waals surface area contributed by atoms with E-state index in [0.29, 0.717) is 35.5 Å². The third-order valence-corrected chi connectivity index (χ3v) is 5.74. The average molecular weight is 601 g/mol. The SMILES string of the molecule is Nc1cc(N)cc(C(=O)OCCOC(=O)C=Cc2ccc(OC(=O)c3ccc(OCCCCCC(F)(F)F)cc3)cc2)c1. The highest BCUT2D eigenvalue weighted by Gasteiger charge is 2.25. The Kier molecular flexibility index (Phi) is 12.0. The van der Waals surface area contributed by atoms with Crippen molar-refractivity contribution in [2.24, 2.45) is 0 Å². The summed E-state index contributed by atoms with van der Waals surface area (Å²) in [5.41, 5.74) is 13.1. The summed E-state index contributed by atoms with van der Waals surface area (Å²) in [6.45, 7) is -0.0335. The molecule has 43 heavy (non-hydrogen) atoms. The van der Waals surface area contributed by atoms with Crippen molar-refractivity contribution >= 4 is 35.4 Å². The first kappa shape index (κ1) is 32.5. The number of rotatable bonds is 14. The van der Waals surface area contributed by atoms with E-state index in [9.17, 15) is 27.6 Å². The molecule has 9 nitrogen and oxygen atoms in total. The lowest BCUT2D eigenvalue weighted by molar-refractivity contribution is -0.138. The predicted molar refractivity (Wildman–Crippen MR) is 153 cm³/mol. The molecule has 3 aromatic rings. The summed E-state index contributed by atoms with van der Waals surface area (Å²) in [6, 6.07) is 17.0. The van der Waals surface area contributed by atoms with Crippen molar-refractivity contribution in [3.63, 3.8) is 0 Å². The van der Waals surface area contributed by atoms with E-state index in [1.165, 1.54) is 42.5 Å². The second kappa shape index (κ2) is 15.9. The Labute approximate surface area is 246 Å². The van der Waals surface area contributed by atoms with Crippen LogP contribution in [0.4, 0.5) is 24.5 Å². The third kappa shape index (κ3) is 12.2. The lowest BCUT2D eigenvalue weighted by Gasteiger charge is -2.08. The Bertz CT molecular complexity index is 1390. The molecule has 0 aliphatic rings. The molecule has 0 spiro atoms. The van der Waals surface area contributed by atoms with Gasteiger partial charge in [0.25, 0.3) is 0 Å². The third-order valence-electron chi connectivity index (χ3n) is 5.74. The van der Waals surface area contributed by atoms with E-state index >= 15 is 0 Å². The van der Waals surface area contributed by atoms with E-state index in [-0.39, 0.29) is 43.1 Å². The first-order chi connectivity index (χ1) is 20.5. The number of halogens is 3. The largest absolute Gasteiger partial charge is 0.494 e. The number of nitrogens with two attached hydrogens (primary N) is 2. The van der Waals surface area contributed by atoms with Crippen LogP contribution in [0.1, 0.15) is 52.0 Å². The van der Waals surface area contributed by atoms with Crippen LogP contribution < -0.4 is 20.9 Å². The van der Waals surface area contributed by atoms with Crippen molar-refractivity contribution < 1.29 is 46.5 Å². The first-order valence-electron chi connectivity index (χ1n) is 13.3. The number of ether oxygens (including phenoxy) is 4. The van der Waals surface area contributed by atoms with Crippen LogP contribution in [-0.4, -0.2) is 43.9 Å². The van der Waals surface area contributed by atoms with Crippen LogP contribution in [0.2, 0.25) is 0 Å². The van der Waals surface area contributed by atoms with Gasteiger partial charge < -0.3 is 30.4 Å². The maximum absolute atomic E-state index is 12.4. The first-order valence-corrected chi connectivity index (χ1v) is 13.3. The standard InChI is InChI=1S/C31H31F3N2O7/c32-31(33,34)14-2-1-3-15-40-26-11-7-22(8-12-26)30(39)43-27-9-4-21(5-10-27)6-13-28(37)41-16-17-42-29(38)23-18-24(35)20-25(36)19-23/h4-13,18-20H,1-3,14-17,35-36H2. The molecule has 0 aromatic heterocycles. The number of alkyl halides is 3. The van der Waals surface area contributed by atoms with Crippen LogP contribution >= 0.6 is 0 Å². The van der Waals surface area contributed by atoms with Crippen molar-refractivity contribution in [2.75, 3.05) is 31.3 Å². The number of carbonyl (C=O) groups excluding carboxylic acids is 3. The van der Waals surface area contributed by atoms with Gasteiger partial charge in [-0.3, -0.25) is 0 Å². The van der Waals surface area contributed by atoms with Gasteiger partial charge in [0.15, 0.2) is 0 Å². The Morgan fingerprint density at radius 1 is 0.698 bits per heavy atom. The number of hydrogen-bond acceptors (Lipinski definition) is 9. The summed E-state index contributed by atoms with van der Waals surface area (Å²) in [6.07, 6.45) is -1.28. The summed E-state index contributed by atoms with van der Waals surface area (Å²) >= 11 is 0. The number of unbranched alkanes of at least 4 members (excludes halogenated alkanes) is 2. The summed E-state index contributed by atoms with van der Waals surface area (Å²) in [4.78, 5) is 36.4. The van der Waals surface area contributed by atoms with Crippen molar-refractivity contribution in [3.8, 4) is 11.5 Å². The Balaban J connectivity index is 1.35. The minimum Gasteiger partial charge on any atom is -0.494 e. The lowest BCUT2D eigenvalue weighted by Crippen LogP contribution is -2.13. The minimum absolute atomic E-state index is 0.0608. The topological polar surface area (TPSA) is 140 Å². The molecule has 3 rings (SSSR count). The zero-order valence-electron chi connectivity index (χ0n) is 23.1. The predicted octanol–water partition coefficient (Wildman–Crippen LogP) is 5.99. The minimum atomic E-state index is -4.14. The van der Waals surface area contributed by atoms with E-state index in [1.54, 1.807) is 36.4 Å². The zero-order chi connectivity index (χ0) is 31.2. The van der Waals surface area contributed by atoms with Gasteiger partial charge in [-0.15, -0.1) is 0 Å². The molecule has 4 N–H and O–H groups in total.